The van der Waals surface area contributed by atoms with Crippen molar-refractivity contribution in [2.75, 3.05) is 20.0 Å². The molecule has 1 atom stereocenters. The van der Waals surface area contributed by atoms with Gasteiger partial charge in [-0.1, -0.05) is 12.1 Å². The third kappa shape index (κ3) is 3.56. The Labute approximate surface area is 148 Å². The zero-order valence-electron chi connectivity index (χ0n) is 13.8. The van der Waals surface area contributed by atoms with Crippen LogP contribution in [0.2, 0.25) is 0 Å². The number of halogens is 2. The zero-order valence-corrected chi connectivity index (χ0v) is 14.6. The summed E-state index contributed by atoms with van der Waals surface area (Å²) < 4.78 is 37.7. The van der Waals surface area contributed by atoms with E-state index in [9.17, 15) is 13.6 Å². The smallest absolute Gasteiger partial charge is 0.234 e. The Bertz CT molecular complexity index is 780. The molecule has 0 spiro atoms. The summed E-state index contributed by atoms with van der Waals surface area (Å²) in [6, 6.07) is 8.73. The molecule has 1 fully saturated rings. The van der Waals surface area contributed by atoms with Gasteiger partial charge in [0.25, 0.3) is 0 Å². The minimum atomic E-state index is -0.662. The molecule has 0 saturated carbocycles. The predicted molar refractivity (Wildman–Crippen MR) is 91.7 cm³/mol. The van der Waals surface area contributed by atoms with Gasteiger partial charge in [0.2, 0.25) is 5.91 Å². The highest BCUT2D eigenvalue weighted by molar-refractivity contribution is 8.00. The second-order valence-corrected chi connectivity index (χ2v) is 6.61. The topological polar surface area (TPSA) is 38.8 Å². The van der Waals surface area contributed by atoms with E-state index in [-0.39, 0.29) is 17.8 Å². The van der Waals surface area contributed by atoms with Crippen LogP contribution in [0.15, 0.2) is 36.4 Å². The molecule has 4 nitrogen and oxygen atoms in total. The fourth-order valence-electron chi connectivity index (χ4n) is 2.89. The summed E-state index contributed by atoms with van der Waals surface area (Å²) in [5.74, 6) is -0.00786. The normalized spacial score (nSPS) is 17.0. The first-order chi connectivity index (χ1) is 12.0. The van der Waals surface area contributed by atoms with Crippen molar-refractivity contribution in [3.05, 3.63) is 59.2 Å². The minimum absolute atomic E-state index is 0.0930. The van der Waals surface area contributed by atoms with Gasteiger partial charge in [-0.2, -0.15) is 0 Å². The van der Waals surface area contributed by atoms with Gasteiger partial charge in [-0.15, -0.1) is 11.8 Å². The molecule has 0 aromatic heterocycles. The summed E-state index contributed by atoms with van der Waals surface area (Å²) in [7, 11) is 3.08. The van der Waals surface area contributed by atoms with E-state index in [1.807, 2.05) is 12.1 Å². The number of rotatable bonds is 5. The highest BCUT2D eigenvalue weighted by atomic mass is 32.2. The number of thioether (sulfide) groups is 1. The summed E-state index contributed by atoms with van der Waals surface area (Å²) in [5.41, 5.74) is 1.19. The summed E-state index contributed by atoms with van der Waals surface area (Å²) in [5, 5.41) is -0.316. The van der Waals surface area contributed by atoms with Crippen molar-refractivity contribution < 1.29 is 23.0 Å². The number of carbonyl (C=O) groups excluding carboxylic acids is 1. The van der Waals surface area contributed by atoms with Crippen LogP contribution in [0.5, 0.6) is 11.5 Å². The summed E-state index contributed by atoms with van der Waals surface area (Å²) in [4.78, 5) is 13.9. The summed E-state index contributed by atoms with van der Waals surface area (Å²) in [6.07, 6.45) is 0. The van der Waals surface area contributed by atoms with E-state index >= 15 is 0 Å². The molecule has 0 aliphatic carbocycles. The van der Waals surface area contributed by atoms with Crippen LogP contribution in [0.4, 0.5) is 8.78 Å². The number of hydrogen-bond donors (Lipinski definition) is 0. The van der Waals surface area contributed by atoms with Crippen LogP contribution in [0.25, 0.3) is 0 Å². The van der Waals surface area contributed by atoms with Gasteiger partial charge in [0.05, 0.1) is 20.0 Å². The van der Waals surface area contributed by atoms with E-state index in [4.69, 9.17) is 9.47 Å². The van der Waals surface area contributed by atoms with Crippen molar-refractivity contribution in [3.63, 3.8) is 0 Å². The van der Waals surface area contributed by atoms with Crippen LogP contribution in [0, 0.1) is 11.6 Å². The third-order valence-electron chi connectivity index (χ3n) is 3.94. The van der Waals surface area contributed by atoms with Gasteiger partial charge in [-0.05, 0) is 23.8 Å². The summed E-state index contributed by atoms with van der Waals surface area (Å²) in [6.45, 7) is 0.117. The monoisotopic (exact) mass is 365 g/mol. The fourth-order valence-corrected chi connectivity index (χ4v) is 4.09. The Hall–Kier alpha value is -2.28. The number of hydrogen-bond acceptors (Lipinski definition) is 4. The zero-order chi connectivity index (χ0) is 18.0. The molecule has 1 aliphatic heterocycles. The molecule has 0 N–H and O–H groups in total. The molecule has 25 heavy (non-hydrogen) atoms. The highest BCUT2D eigenvalue weighted by Crippen LogP contribution is 2.46. The van der Waals surface area contributed by atoms with Crippen molar-refractivity contribution in [1.29, 1.82) is 0 Å². The molecule has 1 saturated heterocycles. The van der Waals surface area contributed by atoms with Crippen LogP contribution in [0.1, 0.15) is 16.5 Å². The first kappa shape index (κ1) is 17.5. The van der Waals surface area contributed by atoms with Gasteiger partial charge in [0.1, 0.15) is 17.0 Å². The van der Waals surface area contributed by atoms with E-state index in [2.05, 4.69) is 0 Å². The Kier molecular flexibility index (Phi) is 5.13. The number of para-hydroxylation sites is 1. The Morgan fingerprint density at radius 2 is 1.88 bits per heavy atom. The lowest BCUT2D eigenvalue weighted by atomic mass is 10.1. The Morgan fingerprint density at radius 3 is 2.52 bits per heavy atom. The van der Waals surface area contributed by atoms with Crippen molar-refractivity contribution in [1.82, 2.24) is 4.90 Å². The van der Waals surface area contributed by atoms with Crippen LogP contribution in [-0.4, -0.2) is 30.8 Å². The van der Waals surface area contributed by atoms with E-state index < -0.39 is 11.6 Å². The molecule has 1 heterocycles. The SMILES string of the molecule is COc1cccc(C2SCC(=O)N2Cc2cc(F)cc(F)c2)c1OC. The molecule has 1 amide bonds. The lowest BCUT2D eigenvalue weighted by molar-refractivity contribution is -0.128. The first-order valence-electron chi connectivity index (χ1n) is 7.60. The number of ether oxygens (including phenoxy) is 2. The number of methoxy groups -OCH3 is 2. The molecule has 1 unspecified atom stereocenters. The highest BCUT2D eigenvalue weighted by Gasteiger charge is 2.35. The lowest BCUT2D eigenvalue weighted by Gasteiger charge is -2.26. The van der Waals surface area contributed by atoms with Crippen LogP contribution >= 0.6 is 11.8 Å². The molecule has 3 rings (SSSR count). The molecule has 0 radical (unpaired) electrons. The fraction of sp³-hybridized carbons (Fsp3) is 0.278. The van der Waals surface area contributed by atoms with Crippen LogP contribution < -0.4 is 9.47 Å². The van der Waals surface area contributed by atoms with Crippen LogP contribution in [0.3, 0.4) is 0 Å². The van der Waals surface area contributed by atoms with Gasteiger partial charge in [-0.3, -0.25) is 4.79 Å². The molecular weight excluding hydrogens is 348 g/mol. The number of nitrogens with zero attached hydrogens (tertiary/aromatic N) is 1. The second-order valence-electron chi connectivity index (χ2n) is 5.55. The second kappa shape index (κ2) is 7.31. The lowest BCUT2D eigenvalue weighted by Crippen LogP contribution is -2.28. The number of carbonyl (C=O) groups is 1. The van der Waals surface area contributed by atoms with Crippen molar-refractivity contribution in [3.8, 4) is 11.5 Å². The molecule has 7 heteroatoms. The van der Waals surface area contributed by atoms with Crippen molar-refractivity contribution in [2.24, 2.45) is 0 Å². The van der Waals surface area contributed by atoms with Gasteiger partial charge in [0.15, 0.2) is 11.5 Å². The van der Waals surface area contributed by atoms with E-state index in [1.165, 1.54) is 31.0 Å². The first-order valence-corrected chi connectivity index (χ1v) is 8.65. The molecule has 0 bridgehead atoms. The molecular formula is C18H17F2NO3S. The summed E-state index contributed by atoms with van der Waals surface area (Å²) >= 11 is 1.44. The molecule has 132 valence electrons. The third-order valence-corrected chi connectivity index (χ3v) is 5.18. The van der Waals surface area contributed by atoms with E-state index in [0.29, 0.717) is 22.8 Å². The van der Waals surface area contributed by atoms with Gasteiger partial charge in [0, 0.05) is 18.2 Å². The number of amides is 1. The van der Waals surface area contributed by atoms with Crippen LogP contribution in [-0.2, 0) is 11.3 Å². The maximum atomic E-state index is 13.5. The predicted octanol–water partition coefficient (Wildman–Crippen LogP) is 3.76. The average Bonchev–Trinajstić information content (AvgIpc) is 2.93. The van der Waals surface area contributed by atoms with Gasteiger partial charge < -0.3 is 14.4 Å². The van der Waals surface area contributed by atoms with Gasteiger partial charge >= 0.3 is 0 Å². The standard InChI is InChI=1S/C18H17F2NO3S/c1-23-15-5-3-4-14(17(15)24-2)18-21(16(22)10-25-18)9-11-6-12(19)8-13(20)7-11/h3-8,18H,9-10H2,1-2H3. The molecule has 1 aliphatic rings. The Morgan fingerprint density at radius 1 is 1.16 bits per heavy atom. The average molecular weight is 365 g/mol. The molecule has 2 aromatic rings. The minimum Gasteiger partial charge on any atom is -0.493 e. The largest absolute Gasteiger partial charge is 0.493 e. The van der Waals surface area contributed by atoms with E-state index in [0.717, 1.165) is 11.6 Å². The van der Waals surface area contributed by atoms with E-state index in [1.54, 1.807) is 18.1 Å². The maximum absolute atomic E-state index is 13.5. The number of benzene rings is 2. The van der Waals surface area contributed by atoms with Crippen molar-refractivity contribution in [2.45, 2.75) is 11.9 Å². The van der Waals surface area contributed by atoms with Gasteiger partial charge in [-0.25, -0.2) is 8.78 Å². The van der Waals surface area contributed by atoms with Crippen molar-refractivity contribution >= 4 is 17.7 Å². The quantitative estimate of drug-likeness (QED) is 0.809. The Balaban J connectivity index is 1.95. The molecule has 2 aromatic carbocycles. The maximum Gasteiger partial charge on any atom is 0.234 e.